The number of hydrogen-bond donors (Lipinski definition) is 1. The lowest BCUT2D eigenvalue weighted by Crippen LogP contribution is -2.54. The van der Waals surface area contributed by atoms with E-state index >= 15 is 0 Å². The van der Waals surface area contributed by atoms with Gasteiger partial charge in [-0.1, -0.05) is 26.7 Å². The van der Waals surface area contributed by atoms with Crippen LogP contribution in [-0.4, -0.2) is 110 Å². The molecule has 0 atom stereocenters. The van der Waals surface area contributed by atoms with E-state index in [1.54, 1.807) is 19.0 Å². The van der Waals surface area contributed by atoms with Crippen LogP contribution in [-0.2, 0) is 9.59 Å². The number of aliphatic imine (C=N–C) groups is 1. The highest BCUT2D eigenvalue weighted by Gasteiger charge is 2.24. The van der Waals surface area contributed by atoms with E-state index in [1.165, 1.54) is 12.8 Å². The maximum atomic E-state index is 12.6. The predicted octanol–water partition coefficient (Wildman–Crippen LogP) is 0.696. The number of guanidine groups is 1. The molecule has 2 aliphatic heterocycles. The summed E-state index contributed by atoms with van der Waals surface area (Å²) in [5.74, 6) is 1.56. The van der Waals surface area contributed by atoms with Gasteiger partial charge in [-0.15, -0.1) is 0 Å². The Bertz CT molecular complexity index is 547. The third-order valence-electron chi connectivity index (χ3n) is 5.52. The maximum Gasteiger partial charge on any atom is 0.243 e. The second-order valence-electron chi connectivity index (χ2n) is 8.76. The standard InChI is InChI=1S/C21H40N6O2/c1-18(2)15-22-21(23-16-19(28)24(3)4)27-13-11-25(12-14-27)17-20(29)26-9-7-5-6-8-10-26/h18H,5-17H2,1-4H3,(H,22,23). The largest absolute Gasteiger partial charge is 0.356 e. The average molecular weight is 409 g/mol. The molecule has 0 spiro atoms. The fourth-order valence-corrected chi connectivity index (χ4v) is 3.58. The van der Waals surface area contributed by atoms with E-state index in [1.807, 2.05) is 4.90 Å². The van der Waals surface area contributed by atoms with E-state index in [9.17, 15) is 9.59 Å². The van der Waals surface area contributed by atoms with Crippen molar-refractivity contribution in [1.82, 2.24) is 24.9 Å². The number of nitrogens with zero attached hydrogens (tertiary/aromatic N) is 5. The van der Waals surface area contributed by atoms with Crippen molar-refractivity contribution in [3.05, 3.63) is 0 Å². The fraction of sp³-hybridized carbons (Fsp3) is 0.857. The van der Waals surface area contributed by atoms with Gasteiger partial charge in [0.1, 0.15) is 6.54 Å². The third kappa shape index (κ3) is 8.20. The quantitative estimate of drug-likeness (QED) is 0.517. The van der Waals surface area contributed by atoms with Crippen LogP contribution < -0.4 is 5.32 Å². The van der Waals surface area contributed by atoms with Crippen molar-refractivity contribution in [2.75, 3.05) is 73.0 Å². The van der Waals surface area contributed by atoms with Crippen molar-refractivity contribution in [1.29, 1.82) is 0 Å². The molecular formula is C21H40N6O2. The van der Waals surface area contributed by atoms with Gasteiger partial charge in [0.15, 0.2) is 5.96 Å². The second-order valence-corrected chi connectivity index (χ2v) is 8.76. The summed E-state index contributed by atoms with van der Waals surface area (Å²) in [4.78, 5) is 37.2. The summed E-state index contributed by atoms with van der Waals surface area (Å²) in [7, 11) is 3.50. The van der Waals surface area contributed by atoms with Crippen LogP contribution in [0.2, 0.25) is 0 Å². The van der Waals surface area contributed by atoms with Crippen LogP contribution in [0.3, 0.4) is 0 Å². The van der Waals surface area contributed by atoms with Gasteiger partial charge in [-0.25, -0.2) is 4.99 Å². The van der Waals surface area contributed by atoms with Gasteiger partial charge in [-0.2, -0.15) is 0 Å². The molecule has 8 nitrogen and oxygen atoms in total. The van der Waals surface area contributed by atoms with Gasteiger partial charge in [0.05, 0.1) is 6.54 Å². The van der Waals surface area contributed by atoms with Gasteiger partial charge >= 0.3 is 0 Å². The van der Waals surface area contributed by atoms with E-state index in [-0.39, 0.29) is 18.4 Å². The average Bonchev–Trinajstić information content (AvgIpc) is 2.98. The maximum absolute atomic E-state index is 12.6. The number of carbonyl (C=O) groups excluding carboxylic acids is 2. The normalized spacial score (nSPS) is 19.3. The zero-order chi connectivity index (χ0) is 21.2. The first-order valence-electron chi connectivity index (χ1n) is 11.1. The first-order valence-corrected chi connectivity index (χ1v) is 11.1. The number of likely N-dealkylation sites (tertiary alicyclic amines) is 1. The molecule has 2 rings (SSSR count). The molecule has 0 unspecified atom stereocenters. The van der Waals surface area contributed by atoms with E-state index < -0.39 is 0 Å². The highest BCUT2D eigenvalue weighted by atomic mass is 16.2. The molecule has 0 aromatic carbocycles. The lowest BCUT2D eigenvalue weighted by molar-refractivity contribution is -0.132. The van der Waals surface area contributed by atoms with Crippen molar-refractivity contribution < 1.29 is 9.59 Å². The number of hydrogen-bond acceptors (Lipinski definition) is 4. The summed E-state index contributed by atoms with van der Waals surface area (Å²) in [6.07, 6.45) is 4.74. The molecule has 8 heteroatoms. The minimum absolute atomic E-state index is 0.00414. The summed E-state index contributed by atoms with van der Waals surface area (Å²) in [5.41, 5.74) is 0. The molecule has 0 radical (unpaired) electrons. The van der Waals surface area contributed by atoms with Crippen molar-refractivity contribution >= 4 is 17.8 Å². The minimum atomic E-state index is -0.00414. The lowest BCUT2D eigenvalue weighted by Gasteiger charge is -2.37. The van der Waals surface area contributed by atoms with E-state index in [4.69, 9.17) is 0 Å². The van der Waals surface area contributed by atoms with Crippen molar-refractivity contribution in [2.24, 2.45) is 10.9 Å². The Labute approximate surface area is 176 Å². The highest BCUT2D eigenvalue weighted by Crippen LogP contribution is 2.11. The van der Waals surface area contributed by atoms with Crippen LogP contribution in [0.5, 0.6) is 0 Å². The Hall–Kier alpha value is -1.83. The Morgan fingerprint density at radius 2 is 1.55 bits per heavy atom. The van der Waals surface area contributed by atoms with Crippen LogP contribution in [0.25, 0.3) is 0 Å². The van der Waals surface area contributed by atoms with E-state index in [0.717, 1.165) is 64.6 Å². The summed E-state index contributed by atoms with van der Waals surface area (Å²) < 4.78 is 0. The molecule has 166 valence electrons. The molecule has 0 aliphatic carbocycles. The number of nitrogens with one attached hydrogen (secondary N) is 1. The van der Waals surface area contributed by atoms with Crippen molar-refractivity contribution in [2.45, 2.75) is 39.5 Å². The molecule has 2 amide bonds. The van der Waals surface area contributed by atoms with Crippen molar-refractivity contribution in [3.63, 3.8) is 0 Å². The van der Waals surface area contributed by atoms with Crippen LogP contribution in [0, 0.1) is 5.92 Å². The minimum Gasteiger partial charge on any atom is -0.356 e. The SMILES string of the molecule is CC(C)CNC(=NCC(=O)N(C)C)N1CCN(CC(=O)N2CCCCCC2)CC1. The van der Waals surface area contributed by atoms with Crippen LogP contribution in [0.4, 0.5) is 0 Å². The molecule has 2 heterocycles. The molecule has 2 aliphatic rings. The van der Waals surface area contributed by atoms with Crippen LogP contribution in [0.1, 0.15) is 39.5 Å². The van der Waals surface area contributed by atoms with Gasteiger partial charge in [0.25, 0.3) is 0 Å². The molecular weight excluding hydrogens is 368 g/mol. The zero-order valence-corrected chi connectivity index (χ0v) is 18.8. The number of carbonyl (C=O) groups is 2. The smallest absolute Gasteiger partial charge is 0.243 e. The molecule has 2 fully saturated rings. The van der Waals surface area contributed by atoms with Gasteiger partial charge in [-0.05, 0) is 18.8 Å². The summed E-state index contributed by atoms with van der Waals surface area (Å²) in [6, 6.07) is 0. The first-order chi connectivity index (χ1) is 13.9. The fourth-order valence-electron chi connectivity index (χ4n) is 3.58. The monoisotopic (exact) mass is 408 g/mol. The number of amides is 2. The Morgan fingerprint density at radius 3 is 2.10 bits per heavy atom. The summed E-state index contributed by atoms with van der Waals surface area (Å²) >= 11 is 0. The van der Waals surface area contributed by atoms with Gasteiger partial charge in [0, 0.05) is 59.9 Å². The third-order valence-corrected chi connectivity index (χ3v) is 5.52. The van der Waals surface area contributed by atoms with E-state index in [0.29, 0.717) is 12.5 Å². The Kier molecular flexibility index (Phi) is 9.70. The van der Waals surface area contributed by atoms with E-state index in [2.05, 4.69) is 34.0 Å². The molecule has 0 bridgehead atoms. The summed E-state index contributed by atoms with van der Waals surface area (Å²) in [5, 5.41) is 3.41. The molecule has 2 saturated heterocycles. The summed E-state index contributed by atoms with van der Waals surface area (Å²) in [6.45, 7) is 10.9. The predicted molar refractivity (Wildman–Crippen MR) is 117 cm³/mol. The Morgan fingerprint density at radius 1 is 0.931 bits per heavy atom. The number of piperazine rings is 1. The second kappa shape index (κ2) is 12.0. The lowest BCUT2D eigenvalue weighted by atomic mass is 10.2. The number of likely N-dealkylation sites (N-methyl/N-ethyl adjacent to an activating group) is 1. The molecule has 0 aromatic rings. The number of rotatable bonds is 6. The van der Waals surface area contributed by atoms with Gasteiger partial charge in [0.2, 0.25) is 11.8 Å². The molecule has 0 aromatic heterocycles. The van der Waals surface area contributed by atoms with Crippen LogP contribution in [0.15, 0.2) is 4.99 Å². The Balaban J connectivity index is 1.86. The highest BCUT2D eigenvalue weighted by molar-refractivity contribution is 5.85. The molecule has 0 saturated carbocycles. The topological polar surface area (TPSA) is 71.5 Å². The van der Waals surface area contributed by atoms with Crippen molar-refractivity contribution in [3.8, 4) is 0 Å². The first kappa shape index (κ1) is 23.4. The molecule has 29 heavy (non-hydrogen) atoms. The molecule has 1 N–H and O–H groups in total. The van der Waals surface area contributed by atoms with Gasteiger partial charge in [-0.3, -0.25) is 14.5 Å². The zero-order valence-electron chi connectivity index (χ0n) is 18.8. The van der Waals surface area contributed by atoms with Gasteiger partial charge < -0.3 is 20.0 Å². The van der Waals surface area contributed by atoms with Crippen LogP contribution >= 0.6 is 0 Å².